The molecule has 26 heavy (non-hydrogen) atoms. The minimum Gasteiger partial charge on any atom is -0.381 e. The number of aromatic nitrogens is 3. The second-order valence-corrected chi connectivity index (χ2v) is 7.58. The van der Waals surface area contributed by atoms with Crippen LogP contribution in [-0.4, -0.2) is 51.9 Å². The van der Waals surface area contributed by atoms with Gasteiger partial charge in [0.1, 0.15) is 6.54 Å². The number of amides is 1. The molecule has 2 atom stereocenters. The van der Waals surface area contributed by atoms with Crippen molar-refractivity contribution in [2.24, 2.45) is 11.8 Å². The molecule has 1 saturated carbocycles. The summed E-state index contributed by atoms with van der Waals surface area (Å²) in [5.41, 5.74) is 2.17. The van der Waals surface area contributed by atoms with Crippen LogP contribution in [-0.2, 0) is 16.1 Å². The molecule has 4 rings (SSSR count). The van der Waals surface area contributed by atoms with Crippen LogP contribution >= 0.6 is 0 Å². The van der Waals surface area contributed by atoms with Crippen LogP contribution in [0, 0.1) is 18.8 Å². The van der Waals surface area contributed by atoms with Crippen LogP contribution in [0.5, 0.6) is 0 Å². The molecule has 1 amide bonds. The quantitative estimate of drug-likeness (QED) is 0.765. The Kier molecular flexibility index (Phi) is 5.02. The minimum atomic E-state index is 0.122. The monoisotopic (exact) mass is 354 g/mol. The molecule has 0 bridgehead atoms. The Bertz CT molecular complexity index is 741. The molecule has 2 fully saturated rings. The third kappa shape index (κ3) is 4.12. The van der Waals surface area contributed by atoms with Gasteiger partial charge in [0.2, 0.25) is 5.91 Å². The second-order valence-electron chi connectivity index (χ2n) is 7.58. The largest absolute Gasteiger partial charge is 0.381 e. The summed E-state index contributed by atoms with van der Waals surface area (Å²) in [5.74, 6) is 1.52. The molecule has 0 spiro atoms. The topological polar surface area (TPSA) is 60.2 Å². The van der Waals surface area contributed by atoms with Crippen LogP contribution in [0.25, 0.3) is 0 Å². The van der Waals surface area contributed by atoms with Crippen molar-refractivity contribution in [2.45, 2.75) is 32.2 Å². The Labute approximate surface area is 154 Å². The highest BCUT2D eigenvalue weighted by molar-refractivity contribution is 5.76. The van der Waals surface area contributed by atoms with Crippen LogP contribution in [0.15, 0.2) is 36.8 Å². The van der Waals surface area contributed by atoms with E-state index in [9.17, 15) is 4.79 Å². The number of carbonyl (C=O) groups excluding carboxylic acids is 1. The van der Waals surface area contributed by atoms with E-state index in [0.29, 0.717) is 25.0 Å². The van der Waals surface area contributed by atoms with Crippen molar-refractivity contribution in [3.63, 3.8) is 0 Å². The first-order valence-corrected chi connectivity index (χ1v) is 9.44. The van der Waals surface area contributed by atoms with Gasteiger partial charge in [-0.2, -0.15) is 5.10 Å². The molecule has 2 aromatic heterocycles. The van der Waals surface area contributed by atoms with E-state index in [-0.39, 0.29) is 5.91 Å². The fraction of sp³-hybridized carbons (Fsp3) is 0.550. The van der Waals surface area contributed by atoms with Gasteiger partial charge in [0, 0.05) is 50.1 Å². The maximum atomic E-state index is 12.8. The molecule has 2 unspecified atom stereocenters. The standard InChI is InChI=1S/C20H26N4O2/c1-15-6-9-24(22-15)12-20(25)23-10-18(14-26-13-16-2-3-16)19(11-23)17-4-7-21-8-5-17/h4-9,16,18-19H,2-3,10-14H2,1H3. The van der Waals surface area contributed by atoms with Crippen LogP contribution in [0.3, 0.4) is 0 Å². The van der Waals surface area contributed by atoms with E-state index in [4.69, 9.17) is 4.74 Å². The summed E-state index contributed by atoms with van der Waals surface area (Å²) < 4.78 is 7.69. The number of ether oxygens (including phenoxy) is 1. The van der Waals surface area contributed by atoms with E-state index in [0.717, 1.165) is 31.3 Å². The summed E-state index contributed by atoms with van der Waals surface area (Å²) in [5, 5.41) is 4.33. The van der Waals surface area contributed by atoms with Gasteiger partial charge in [-0.05, 0) is 49.4 Å². The summed E-state index contributed by atoms with van der Waals surface area (Å²) in [4.78, 5) is 18.8. The van der Waals surface area contributed by atoms with Gasteiger partial charge < -0.3 is 9.64 Å². The summed E-state index contributed by atoms with van der Waals surface area (Å²) in [6.07, 6.45) is 8.11. The van der Waals surface area contributed by atoms with Crippen molar-refractivity contribution in [3.8, 4) is 0 Å². The minimum absolute atomic E-state index is 0.122. The van der Waals surface area contributed by atoms with Crippen LogP contribution in [0.2, 0.25) is 0 Å². The van der Waals surface area contributed by atoms with E-state index < -0.39 is 0 Å². The lowest BCUT2D eigenvalue weighted by atomic mass is 9.90. The number of carbonyl (C=O) groups is 1. The highest BCUT2D eigenvalue weighted by atomic mass is 16.5. The number of rotatable bonds is 7. The molecule has 1 saturated heterocycles. The van der Waals surface area contributed by atoms with E-state index >= 15 is 0 Å². The van der Waals surface area contributed by atoms with Crippen molar-refractivity contribution >= 4 is 5.91 Å². The number of hydrogen-bond acceptors (Lipinski definition) is 4. The van der Waals surface area contributed by atoms with E-state index in [1.807, 2.05) is 36.5 Å². The summed E-state index contributed by atoms with van der Waals surface area (Å²) >= 11 is 0. The molecule has 6 heteroatoms. The molecule has 0 N–H and O–H groups in total. The third-order valence-electron chi connectivity index (χ3n) is 5.38. The first-order valence-electron chi connectivity index (χ1n) is 9.44. The van der Waals surface area contributed by atoms with Gasteiger partial charge in [-0.15, -0.1) is 0 Å². The Morgan fingerprint density at radius 2 is 2.00 bits per heavy atom. The lowest BCUT2D eigenvalue weighted by Gasteiger charge is -2.18. The average Bonchev–Trinajstić information content (AvgIpc) is 3.22. The van der Waals surface area contributed by atoms with Crippen LogP contribution in [0.4, 0.5) is 0 Å². The Balaban J connectivity index is 1.42. The fourth-order valence-electron chi connectivity index (χ4n) is 3.69. The normalized spacial score (nSPS) is 22.7. The number of nitrogens with zero attached hydrogens (tertiary/aromatic N) is 4. The molecule has 138 valence electrons. The first kappa shape index (κ1) is 17.2. The summed E-state index contributed by atoms with van der Waals surface area (Å²) in [7, 11) is 0. The molecule has 2 aromatic rings. The Morgan fingerprint density at radius 3 is 2.69 bits per heavy atom. The maximum absolute atomic E-state index is 12.8. The molecule has 0 radical (unpaired) electrons. The average molecular weight is 354 g/mol. The smallest absolute Gasteiger partial charge is 0.244 e. The highest BCUT2D eigenvalue weighted by Crippen LogP contribution is 2.34. The summed E-state index contributed by atoms with van der Waals surface area (Å²) in [6, 6.07) is 6.04. The lowest BCUT2D eigenvalue weighted by molar-refractivity contribution is -0.131. The lowest BCUT2D eigenvalue weighted by Crippen LogP contribution is -2.32. The maximum Gasteiger partial charge on any atom is 0.244 e. The predicted octanol–water partition coefficient (Wildman–Crippen LogP) is 2.26. The third-order valence-corrected chi connectivity index (χ3v) is 5.38. The number of hydrogen-bond donors (Lipinski definition) is 0. The van der Waals surface area contributed by atoms with Gasteiger partial charge in [0.25, 0.3) is 0 Å². The molecule has 2 aliphatic rings. The van der Waals surface area contributed by atoms with Crippen LogP contribution in [0.1, 0.15) is 30.0 Å². The zero-order valence-electron chi connectivity index (χ0n) is 15.3. The van der Waals surface area contributed by atoms with Gasteiger partial charge >= 0.3 is 0 Å². The van der Waals surface area contributed by atoms with E-state index in [2.05, 4.69) is 22.2 Å². The Hall–Kier alpha value is -2.21. The molecule has 1 aliphatic carbocycles. The number of likely N-dealkylation sites (tertiary alicyclic amines) is 1. The molecular formula is C20H26N4O2. The number of aryl methyl sites for hydroxylation is 1. The van der Waals surface area contributed by atoms with Crippen molar-refractivity contribution < 1.29 is 9.53 Å². The van der Waals surface area contributed by atoms with Gasteiger partial charge in [-0.25, -0.2) is 0 Å². The van der Waals surface area contributed by atoms with Crippen LogP contribution < -0.4 is 0 Å². The molecule has 1 aliphatic heterocycles. The SMILES string of the molecule is Cc1ccn(CC(=O)N2CC(COCC3CC3)C(c3ccncc3)C2)n1. The van der Waals surface area contributed by atoms with Crippen molar-refractivity contribution in [3.05, 3.63) is 48.0 Å². The zero-order valence-corrected chi connectivity index (χ0v) is 15.3. The first-order chi connectivity index (χ1) is 12.7. The predicted molar refractivity (Wildman–Crippen MR) is 97.6 cm³/mol. The van der Waals surface area contributed by atoms with Crippen molar-refractivity contribution in [1.82, 2.24) is 19.7 Å². The molecule has 3 heterocycles. The van der Waals surface area contributed by atoms with Gasteiger partial charge in [0.05, 0.1) is 12.3 Å². The zero-order chi connectivity index (χ0) is 17.9. The van der Waals surface area contributed by atoms with Gasteiger partial charge in [-0.1, -0.05) is 0 Å². The molecule has 0 aromatic carbocycles. The van der Waals surface area contributed by atoms with Gasteiger partial charge in [-0.3, -0.25) is 14.5 Å². The van der Waals surface area contributed by atoms with E-state index in [1.54, 1.807) is 4.68 Å². The molecular weight excluding hydrogens is 328 g/mol. The van der Waals surface area contributed by atoms with E-state index in [1.165, 1.54) is 18.4 Å². The van der Waals surface area contributed by atoms with Crippen molar-refractivity contribution in [1.29, 1.82) is 0 Å². The van der Waals surface area contributed by atoms with Crippen molar-refractivity contribution in [2.75, 3.05) is 26.3 Å². The highest BCUT2D eigenvalue weighted by Gasteiger charge is 2.36. The Morgan fingerprint density at radius 1 is 1.19 bits per heavy atom. The molecule has 6 nitrogen and oxygen atoms in total. The second kappa shape index (κ2) is 7.58. The fourth-order valence-corrected chi connectivity index (χ4v) is 3.69. The number of pyridine rings is 1. The summed E-state index contributed by atoms with van der Waals surface area (Å²) in [6.45, 7) is 5.29. The van der Waals surface area contributed by atoms with Gasteiger partial charge in [0.15, 0.2) is 0 Å².